The zero-order valence-corrected chi connectivity index (χ0v) is 26.6. The number of rotatable bonds is 15. The van der Waals surface area contributed by atoms with E-state index in [1.807, 2.05) is 43.0 Å². The van der Waals surface area contributed by atoms with Crippen molar-refractivity contribution in [2.24, 2.45) is 5.92 Å². The number of benzene rings is 2. The van der Waals surface area contributed by atoms with E-state index < -0.39 is 0 Å². The fraction of sp³-hybridized carbons (Fsp3) is 0.342. The molecule has 0 aliphatic carbocycles. The summed E-state index contributed by atoms with van der Waals surface area (Å²) in [5.74, 6) is 0.251. The van der Waals surface area contributed by atoms with Crippen molar-refractivity contribution in [1.29, 1.82) is 0 Å². The third-order valence-corrected chi connectivity index (χ3v) is 8.15. The summed E-state index contributed by atoms with van der Waals surface area (Å²) in [5.41, 5.74) is 5.87. The number of aryl methyl sites for hydroxylation is 1. The SMILES string of the molecule is C/C=C\C=C(/C)C(CCCC(CNC(=O)c1cc2ccc(C)cc2[nH]1)CN(CCC)C(=O)c1cccnc1)c1ccccc1. The summed E-state index contributed by atoms with van der Waals surface area (Å²) in [5, 5.41) is 4.20. The zero-order valence-electron chi connectivity index (χ0n) is 26.6. The molecule has 0 fully saturated rings. The number of allylic oxidation sites excluding steroid dienone is 4. The Bertz CT molecular complexity index is 1560. The molecule has 44 heavy (non-hydrogen) atoms. The van der Waals surface area contributed by atoms with E-state index in [1.54, 1.807) is 18.5 Å². The second kappa shape index (κ2) is 16.4. The van der Waals surface area contributed by atoms with Gasteiger partial charge in [-0.05, 0) is 81.3 Å². The van der Waals surface area contributed by atoms with E-state index in [0.717, 1.165) is 42.1 Å². The van der Waals surface area contributed by atoms with Gasteiger partial charge in [0.1, 0.15) is 5.69 Å². The van der Waals surface area contributed by atoms with Crippen LogP contribution in [0.4, 0.5) is 0 Å². The molecule has 0 saturated heterocycles. The van der Waals surface area contributed by atoms with Crippen LogP contribution in [0.3, 0.4) is 0 Å². The van der Waals surface area contributed by atoms with Crippen LogP contribution in [0.25, 0.3) is 10.9 Å². The summed E-state index contributed by atoms with van der Waals surface area (Å²) in [4.78, 5) is 36.1. The summed E-state index contributed by atoms with van der Waals surface area (Å²) in [6.07, 6.45) is 13.4. The molecule has 2 aromatic heterocycles. The molecule has 2 unspecified atom stereocenters. The molecule has 2 heterocycles. The topological polar surface area (TPSA) is 78.1 Å². The molecule has 6 nitrogen and oxygen atoms in total. The first kappa shape index (κ1) is 32.5. The third-order valence-electron chi connectivity index (χ3n) is 8.15. The van der Waals surface area contributed by atoms with E-state index in [-0.39, 0.29) is 17.7 Å². The van der Waals surface area contributed by atoms with Gasteiger partial charge in [-0.1, -0.05) is 79.6 Å². The predicted molar refractivity (Wildman–Crippen MR) is 181 cm³/mol. The molecule has 0 aliphatic heterocycles. The number of hydrogen-bond acceptors (Lipinski definition) is 3. The van der Waals surface area contributed by atoms with Crippen molar-refractivity contribution >= 4 is 22.7 Å². The van der Waals surface area contributed by atoms with Crippen LogP contribution >= 0.6 is 0 Å². The highest BCUT2D eigenvalue weighted by Crippen LogP contribution is 2.30. The Labute approximate surface area is 262 Å². The van der Waals surface area contributed by atoms with Gasteiger partial charge in [0, 0.05) is 48.8 Å². The molecule has 4 aromatic rings. The van der Waals surface area contributed by atoms with E-state index >= 15 is 0 Å². The molecule has 6 heteroatoms. The van der Waals surface area contributed by atoms with Crippen molar-refractivity contribution < 1.29 is 9.59 Å². The Morgan fingerprint density at radius 3 is 2.59 bits per heavy atom. The minimum atomic E-state index is -0.128. The number of fused-ring (bicyclic) bond motifs is 1. The summed E-state index contributed by atoms with van der Waals surface area (Å²) in [7, 11) is 0. The van der Waals surface area contributed by atoms with Gasteiger partial charge in [0.2, 0.25) is 0 Å². The van der Waals surface area contributed by atoms with Gasteiger partial charge in [-0.3, -0.25) is 14.6 Å². The van der Waals surface area contributed by atoms with E-state index in [0.29, 0.717) is 36.8 Å². The van der Waals surface area contributed by atoms with Gasteiger partial charge < -0.3 is 15.2 Å². The Morgan fingerprint density at radius 1 is 1.05 bits per heavy atom. The summed E-state index contributed by atoms with van der Waals surface area (Å²) in [6, 6.07) is 22.3. The average Bonchev–Trinajstić information content (AvgIpc) is 3.47. The van der Waals surface area contributed by atoms with Crippen LogP contribution in [-0.2, 0) is 0 Å². The monoisotopic (exact) mass is 590 g/mol. The second-order valence-corrected chi connectivity index (χ2v) is 11.7. The number of amides is 2. The lowest BCUT2D eigenvalue weighted by atomic mass is 9.86. The maximum absolute atomic E-state index is 13.5. The molecular formula is C38H46N4O2. The molecule has 2 amide bonds. The average molecular weight is 591 g/mol. The summed E-state index contributed by atoms with van der Waals surface area (Å²) in [6.45, 7) is 10.1. The van der Waals surface area contributed by atoms with Crippen molar-refractivity contribution in [3.05, 3.63) is 125 Å². The zero-order chi connectivity index (χ0) is 31.3. The van der Waals surface area contributed by atoms with Gasteiger partial charge in [0.15, 0.2) is 0 Å². The molecule has 0 radical (unpaired) electrons. The van der Waals surface area contributed by atoms with Crippen LogP contribution in [0.15, 0.2) is 103 Å². The maximum atomic E-state index is 13.5. The molecule has 0 bridgehead atoms. The Hall–Kier alpha value is -4.45. The van der Waals surface area contributed by atoms with Gasteiger partial charge in [-0.15, -0.1) is 0 Å². The van der Waals surface area contributed by atoms with Crippen LogP contribution in [0.1, 0.15) is 84.3 Å². The van der Waals surface area contributed by atoms with Gasteiger partial charge in [-0.2, -0.15) is 0 Å². The van der Waals surface area contributed by atoms with Crippen molar-refractivity contribution in [2.75, 3.05) is 19.6 Å². The molecule has 2 atom stereocenters. The smallest absolute Gasteiger partial charge is 0.267 e. The third kappa shape index (κ3) is 9.03. The molecule has 0 spiro atoms. The van der Waals surface area contributed by atoms with Crippen molar-refractivity contribution in [2.45, 2.75) is 59.3 Å². The Balaban J connectivity index is 1.50. The lowest BCUT2D eigenvalue weighted by Gasteiger charge is -2.28. The lowest BCUT2D eigenvalue weighted by Crippen LogP contribution is -2.40. The molecule has 2 N–H and O–H groups in total. The van der Waals surface area contributed by atoms with Crippen LogP contribution < -0.4 is 5.32 Å². The normalized spacial score (nSPS) is 13.2. The number of H-pyrrole nitrogens is 1. The summed E-state index contributed by atoms with van der Waals surface area (Å²) < 4.78 is 0. The van der Waals surface area contributed by atoms with Gasteiger partial charge >= 0.3 is 0 Å². The largest absolute Gasteiger partial charge is 0.351 e. The lowest BCUT2D eigenvalue weighted by molar-refractivity contribution is 0.0721. The first-order chi connectivity index (χ1) is 21.4. The highest BCUT2D eigenvalue weighted by atomic mass is 16.2. The van der Waals surface area contributed by atoms with Crippen molar-refractivity contribution in [3.63, 3.8) is 0 Å². The van der Waals surface area contributed by atoms with Gasteiger partial charge in [0.25, 0.3) is 11.8 Å². The highest BCUT2D eigenvalue weighted by molar-refractivity contribution is 5.98. The Kier molecular flexibility index (Phi) is 12.1. The first-order valence-electron chi connectivity index (χ1n) is 15.8. The minimum Gasteiger partial charge on any atom is -0.351 e. The first-order valence-corrected chi connectivity index (χ1v) is 15.8. The standard InChI is InChI=1S/C38H46N4O2/c1-5-7-13-29(4)34(31-15-9-8-10-16-31)18-11-14-30(27-42(22-6-2)38(44)33-17-12-21-39-26-33)25-40-37(43)36-24-32-20-19-28(3)23-35(32)41-36/h5,7-10,12-13,15-17,19-21,23-24,26,30,34,41H,6,11,14,18,22,25,27H2,1-4H3,(H,40,43)/b7-5-,29-13+. The molecule has 0 aliphatic rings. The van der Waals surface area contributed by atoms with E-state index in [4.69, 9.17) is 0 Å². The molecule has 4 rings (SSSR count). The quantitative estimate of drug-likeness (QED) is 0.137. The van der Waals surface area contributed by atoms with Crippen LogP contribution in [0.2, 0.25) is 0 Å². The fourth-order valence-electron chi connectivity index (χ4n) is 5.80. The number of pyridine rings is 1. The van der Waals surface area contributed by atoms with Gasteiger partial charge in [0.05, 0.1) is 5.56 Å². The second-order valence-electron chi connectivity index (χ2n) is 11.7. The van der Waals surface area contributed by atoms with Crippen molar-refractivity contribution in [3.8, 4) is 0 Å². The van der Waals surface area contributed by atoms with E-state index in [9.17, 15) is 9.59 Å². The molecule has 2 aromatic carbocycles. The predicted octanol–water partition coefficient (Wildman–Crippen LogP) is 8.25. The number of carbonyl (C=O) groups is 2. The number of carbonyl (C=O) groups excluding carboxylic acids is 2. The van der Waals surface area contributed by atoms with Crippen LogP contribution in [0, 0.1) is 12.8 Å². The highest BCUT2D eigenvalue weighted by Gasteiger charge is 2.22. The summed E-state index contributed by atoms with van der Waals surface area (Å²) >= 11 is 0. The molecule has 230 valence electrons. The molecular weight excluding hydrogens is 544 g/mol. The fourth-order valence-corrected chi connectivity index (χ4v) is 5.80. The Morgan fingerprint density at radius 2 is 1.86 bits per heavy atom. The number of nitrogens with one attached hydrogen (secondary N) is 2. The molecule has 0 saturated carbocycles. The maximum Gasteiger partial charge on any atom is 0.267 e. The van der Waals surface area contributed by atoms with Gasteiger partial charge in [-0.25, -0.2) is 0 Å². The number of hydrogen-bond donors (Lipinski definition) is 2. The number of aromatic nitrogens is 2. The number of aromatic amines is 1. The number of nitrogens with zero attached hydrogens (tertiary/aromatic N) is 2. The van der Waals surface area contributed by atoms with E-state index in [1.165, 1.54) is 11.1 Å². The van der Waals surface area contributed by atoms with E-state index in [2.05, 4.69) is 83.8 Å². The van der Waals surface area contributed by atoms with Crippen LogP contribution in [0.5, 0.6) is 0 Å². The minimum absolute atomic E-state index is 0.0189. The van der Waals surface area contributed by atoms with Crippen LogP contribution in [-0.4, -0.2) is 46.3 Å². The van der Waals surface area contributed by atoms with Crippen molar-refractivity contribution in [1.82, 2.24) is 20.2 Å².